The van der Waals surface area contributed by atoms with Gasteiger partial charge in [-0.1, -0.05) is 22.0 Å². The minimum Gasteiger partial charge on any atom is -0.350 e. The van der Waals surface area contributed by atoms with Crippen LogP contribution >= 0.6 is 27.7 Å². The van der Waals surface area contributed by atoms with Gasteiger partial charge >= 0.3 is 0 Å². The topological polar surface area (TPSA) is 44.2 Å². The zero-order valence-corrected chi connectivity index (χ0v) is 13.6. The summed E-state index contributed by atoms with van der Waals surface area (Å²) in [5.41, 5.74) is 0.731. The quantitative estimate of drug-likeness (QED) is 0.582. The van der Waals surface area contributed by atoms with Crippen molar-refractivity contribution < 1.29 is 9.47 Å². The molecule has 0 saturated heterocycles. The van der Waals surface area contributed by atoms with Crippen LogP contribution in [0.15, 0.2) is 45.9 Å². The van der Waals surface area contributed by atoms with E-state index in [9.17, 15) is 0 Å². The zero-order chi connectivity index (χ0) is 14.4. The summed E-state index contributed by atoms with van der Waals surface area (Å²) in [7, 11) is 3.18. The van der Waals surface area contributed by atoms with Gasteiger partial charge < -0.3 is 9.47 Å². The van der Waals surface area contributed by atoms with Crippen molar-refractivity contribution in [1.29, 1.82) is 0 Å². The second-order valence-corrected chi connectivity index (χ2v) is 5.91. The van der Waals surface area contributed by atoms with E-state index >= 15 is 0 Å². The number of halogens is 1. The first kappa shape index (κ1) is 15.4. The standard InChI is InChI=1S/C14H15BrN2O2S/c1-18-14(19-2)12-6-7-16-13(17-12)9-20-11-5-3-4-10(15)8-11/h3-8,14H,9H2,1-2H3. The Balaban J connectivity index is 2.04. The lowest BCUT2D eigenvalue weighted by Gasteiger charge is -2.12. The molecule has 0 fully saturated rings. The molecule has 20 heavy (non-hydrogen) atoms. The number of thioether (sulfide) groups is 1. The van der Waals surface area contributed by atoms with Crippen LogP contribution in [0.5, 0.6) is 0 Å². The summed E-state index contributed by atoms with van der Waals surface area (Å²) >= 11 is 5.15. The summed E-state index contributed by atoms with van der Waals surface area (Å²) in [6.45, 7) is 0. The third kappa shape index (κ3) is 4.28. The number of hydrogen-bond donors (Lipinski definition) is 0. The van der Waals surface area contributed by atoms with Crippen LogP contribution in [-0.2, 0) is 15.2 Å². The molecule has 0 radical (unpaired) electrons. The van der Waals surface area contributed by atoms with E-state index < -0.39 is 6.29 Å². The molecule has 0 unspecified atom stereocenters. The van der Waals surface area contributed by atoms with Crippen molar-refractivity contribution in [2.75, 3.05) is 14.2 Å². The SMILES string of the molecule is COC(OC)c1ccnc(CSc2cccc(Br)c2)n1. The van der Waals surface area contributed by atoms with Crippen molar-refractivity contribution in [1.82, 2.24) is 9.97 Å². The summed E-state index contributed by atoms with van der Waals surface area (Å²) in [4.78, 5) is 9.90. The Kier molecular flexibility index (Phi) is 5.97. The predicted octanol–water partition coefficient (Wildman–Crippen LogP) is 3.82. The number of hydrogen-bond acceptors (Lipinski definition) is 5. The molecule has 0 aliphatic rings. The highest BCUT2D eigenvalue weighted by atomic mass is 79.9. The third-order valence-corrected chi connectivity index (χ3v) is 4.04. The van der Waals surface area contributed by atoms with Gasteiger partial charge in [-0.3, -0.25) is 0 Å². The molecule has 1 aromatic heterocycles. The van der Waals surface area contributed by atoms with Gasteiger partial charge in [-0.15, -0.1) is 11.8 Å². The van der Waals surface area contributed by atoms with E-state index in [2.05, 4.69) is 38.0 Å². The Morgan fingerprint density at radius 1 is 1.25 bits per heavy atom. The van der Waals surface area contributed by atoms with Crippen LogP contribution in [0, 0.1) is 0 Å². The van der Waals surface area contributed by atoms with Crippen LogP contribution in [0.1, 0.15) is 17.8 Å². The molecule has 0 aliphatic heterocycles. The molecule has 0 N–H and O–H groups in total. The van der Waals surface area contributed by atoms with Crippen molar-refractivity contribution in [3.8, 4) is 0 Å². The monoisotopic (exact) mass is 354 g/mol. The number of methoxy groups -OCH3 is 2. The molecule has 0 bridgehead atoms. The molecule has 106 valence electrons. The summed E-state index contributed by atoms with van der Waals surface area (Å²) in [6.07, 6.45) is 1.28. The van der Waals surface area contributed by atoms with Crippen molar-refractivity contribution in [3.05, 3.63) is 52.5 Å². The highest BCUT2D eigenvalue weighted by Gasteiger charge is 2.11. The minimum atomic E-state index is -0.451. The molecule has 0 aliphatic carbocycles. The molecule has 1 aromatic carbocycles. The van der Waals surface area contributed by atoms with Gasteiger partial charge in [0.25, 0.3) is 0 Å². The molecule has 0 saturated carbocycles. The van der Waals surface area contributed by atoms with Crippen LogP contribution < -0.4 is 0 Å². The van der Waals surface area contributed by atoms with Gasteiger partial charge in [-0.25, -0.2) is 9.97 Å². The van der Waals surface area contributed by atoms with E-state index in [1.807, 2.05) is 12.1 Å². The Morgan fingerprint density at radius 2 is 2.05 bits per heavy atom. The maximum absolute atomic E-state index is 5.19. The molecular formula is C14H15BrN2O2S. The summed E-state index contributed by atoms with van der Waals surface area (Å²) in [6, 6.07) is 9.94. The van der Waals surface area contributed by atoms with E-state index in [0.29, 0.717) is 5.75 Å². The first-order valence-corrected chi connectivity index (χ1v) is 7.76. The highest BCUT2D eigenvalue weighted by Crippen LogP contribution is 2.24. The molecule has 4 nitrogen and oxygen atoms in total. The average Bonchev–Trinajstić information content (AvgIpc) is 2.47. The smallest absolute Gasteiger partial charge is 0.200 e. The number of nitrogens with zero attached hydrogens (tertiary/aromatic N) is 2. The maximum atomic E-state index is 5.19. The predicted molar refractivity (Wildman–Crippen MR) is 82.5 cm³/mol. The van der Waals surface area contributed by atoms with Gasteiger partial charge in [0.2, 0.25) is 6.29 Å². The summed E-state index contributed by atoms with van der Waals surface area (Å²) < 4.78 is 11.5. The van der Waals surface area contributed by atoms with Crippen molar-refractivity contribution in [2.24, 2.45) is 0 Å². The molecule has 6 heteroatoms. The normalized spacial score (nSPS) is 11.0. The molecular weight excluding hydrogens is 340 g/mol. The van der Waals surface area contributed by atoms with Gasteiger partial charge in [-0.2, -0.15) is 0 Å². The van der Waals surface area contributed by atoms with Crippen LogP contribution in [0.25, 0.3) is 0 Å². The van der Waals surface area contributed by atoms with Gasteiger partial charge in [0.1, 0.15) is 5.82 Å². The fourth-order valence-corrected chi connectivity index (χ4v) is 3.03. The molecule has 0 amide bonds. The maximum Gasteiger partial charge on any atom is 0.200 e. The Hall–Kier alpha value is -0.950. The number of ether oxygens (including phenoxy) is 2. The molecule has 2 rings (SSSR count). The molecule has 0 atom stereocenters. The minimum absolute atomic E-state index is 0.451. The van der Waals surface area contributed by atoms with E-state index in [0.717, 1.165) is 16.0 Å². The van der Waals surface area contributed by atoms with Gasteiger partial charge in [0, 0.05) is 29.8 Å². The summed E-state index contributed by atoms with van der Waals surface area (Å²) in [5, 5.41) is 0. The van der Waals surface area contributed by atoms with Gasteiger partial charge in [0.05, 0.1) is 11.4 Å². The fourth-order valence-electron chi connectivity index (χ4n) is 1.66. The van der Waals surface area contributed by atoms with Gasteiger partial charge in [0.15, 0.2) is 0 Å². The van der Waals surface area contributed by atoms with Gasteiger partial charge in [-0.05, 0) is 24.3 Å². The molecule has 2 aromatic rings. The van der Waals surface area contributed by atoms with Crippen molar-refractivity contribution in [2.45, 2.75) is 16.9 Å². The number of benzene rings is 1. The summed E-state index contributed by atoms with van der Waals surface area (Å²) in [5.74, 6) is 1.45. The Morgan fingerprint density at radius 3 is 2.75 bits per heavy atom. The second-order valence-electron chi connectivity index (χ2n) is 3.95. The lowest BCUT2D eigenvalue weighted by Crippen LogP contribution is -2.08. The fraction of sp³-hybridized carbons (Fsp3) is 0.286. The van der Waals surface area contributed by atoms with Crippen LogP contribution in [0.4, 0.5) is 0 Å². The number of aromatic nitrogens is 2. The van der Waals surface area contributed by atoms with Crippen LogP contribution in [0.3, 0.4) is 0 Å². The third-order valence-electron chi connectivity index (χ3n) is 2.56. The van der Waals surface area contributed by atoms with Crippen molar-refractivity contribution in [3.63, 3.8) is 0 Å². The largest absolute Gasteiger partial charge is 0.350 e. The van der Waals surface area contributed by atoms with E-state index in [1.54, 1.807) is 38.2 Å². The van der Waals surface area contributed by atoms with Crippen LogP contribution in [0.2, 0.25) is 0 Å². The highest BCUT2D eigenvalue weighted by molar-refractivity contribution is 9.10. The molecule has 1 heterocycles. The zero-order valence-electron chi connectivity index (χ0n) is 11.2. The first-order chi connectivity index (χ1) is 9.72. The molecule has 0 spiro atoms. The number of rotatable bonds is 6. The average molecular weight is 355 g/mol. The van der Waals surface area contributed by atoms with Crippen LogP contribution in [-0.4, -0.2) is 24.2 Å². The first-order valence-electron chi connectivity index (χ1n) is 5.98. The van der Waals surface area contributed by atoms with E-state index in [-0.39, 0.29) is 0 Å². The van der Waals surface area contributed by atoms with Crippen molar-refractivity contribution >= 4 is 27.7 Å². The second kappa shape index (κ2) is 7.73. The lowest BCUT2D eigenvalue weighted by molar-refractivity contribution is -0.108. The van der Waals surface area contributed by atoms with E-state index in [4.69, 9.17) is 9.47 Å². The Labute approximate surface area is 131 Å². The lowest BCUT2D eigenvalue weighted by atomic mass is 10.4. The van der Waals surface area contributed by atoms with E-state index in [1.165, 1.54) is 4.90 Å². The Bertz CT molecular complexity index is 564.